The largest absolute Gasteiger partial charge is 0.416 e. The number of Topliss-reactive ketones (excluding diaryl/α,β-unsaturated/α-hetero) is 1. The number of hydrogen-bond acceptors (Lipinski definition) is 6. The minimum absolute atomic E-state index is 0.0958. The third-order valence-corrected chi connectivity index (χ3v) is 8.29. The molecule has 1 saturated carbocycles. The highest BCUT2D eigenvalue weighted by Gasteiger charge is 2.33. The van der Waals surface area contributed by atoms with Crippen molar-refractivity contribution in [1.29, 1.82) is 0 Å². The van der Waals surface area contributed by atoms with E-state index in [4.69, 9.17) is 4.74 Å². The number of methoxy groups -OCH3 is 1. The smallest absolute Gasteiger partial charge is 0.379 e. The van der Waals surface area contributed by atoms with Gasteiger partial charge in [-0.3, -0.25) is 9.59 Å². The predicted octanol–water partition coefficient (Wildman–Crippen LogP) is 5.05. The molecule has 1 amide bonds. The van der Waals surface area contributed by atoms with Crippen molar-refractivity contribution in [1.82, 2.24) is 15.2 Å². The molecule has 1 aromatic carbocycles. The van der Waals surface area contributed by atoms with Crippen LogP contribution in [0.25, 0.3) is 0 Å². The molecule has 0 bridgehead atoms. The molecular weight excluding hydrogens is 491 g/mol. The topological polar surface area (TPSA) is 71.5 Å². The number of ketones is 1. The Hall–Kier alpha value is -2.30. The van der Waals surface area contributed by atoms with Gasteiger partial charge in [-0.1, -0.05) is 6.07 Å². The summed E-state index contributed by atoms with van der Waals surface area (Å²) in [6, 6.07) is 4.75. The van der Waals surface area contributed by atoms with Gasteiger partial charge in [-0.25, -0.2) is 4.98 Å². The maximum Gasteiger partial charge on any atom is 0.416 e. The molecule has 196 valence electrons. The van der Waals surface area contributed by atoms with Crippen molar-refractivity contribution in [3.63, 3.8) is 0 Å². The number of hydrogen-bond donors (Lipinski definition) is 1. The van der Waals surface area contributed by atoms with E-state index in [1.165, 1.54) is 17.1 Å². The van der Waals surface area contributed by atoms with Crippen LogP contribution in [0.15, 0.2) is 30.5 Å². The third kappa shape index (κ3) is 6.92. The van der Waals surface area contributed by atoms with Gasteiger partial charge in [0.25, 0.3) is 5.91 Å². The Labute approximate surface area is 213 Å². The maximum atomic E-state index is 12.9. The number of carbonyl (C=O) groups is 2. The number of alkyl halides is 3. The lowest BCUT2D eigenvalue weighted by atomic mass is 9.85. The average Bonchev–Trinajstić information content (AvgIpc) is 3.52. The quantitative estimate of drug-likeness (QED) is 0.498. The molecule has 1 aliphatic heterocycles. The Bertz CT molecular complexity index is 1050. The molecule has 1 aromatic heterocycles. The van der Waals surface area contributed by atoms with Gasteiger partial charge in [-0.2, -0.15) is 13.2 Å². The Balaban J connectivity index is 1.18. The van der Waals surface area contributed by atoms with E-state index in [9.17, 15) is 22.8 Å². The van der Waals surface area contributed by atoms with Crippen LogP contribution in [0.5, 0.6) is 0 Å². The van der Waals surface area contributed by atoms with Gasteiger partial charge in [0.1, 0.15) is 0 Å². The molecule has 1 aliphatic carbocycles. The summed E-state index contributed by atoms with van der Waals surface area (Å²) >= 11 is 1.74. The van der Waals surface area contributed by atoms with Gasteiger partial charge in [-0.15, -0.1) is 11.3 Å². The molecular formula is C26H32F3N3O3S. The van der Waals surface area contributed by atoms with Gasteiger partial charge in [0.15, 0.2) is 5.78 Å². The lowest BCUT2D eigenvalue weighted by Crippen LogP contribution is -2.36. The first-order valence-corrected chi connectivity index (χ1v) is 13.2. The molecule has 2 aromatic rings. The molecule has 6 nitrogen and oxygen atoms in total. The molecule has 2 heterocycles. The monoisotopic (exact) mass is 523 g/mol. The first-order valence-electron chi connectivity index (χ1n) is 12.4. The highest BCUT2D eigenvalue weighted by Crippen LogP contribution is 2.38. The summed E-state index contributed by atoms with van der Waals surface area (Å²) in [4.78, 5) is 33.0. The van der Waals surface area contributed by atoms with Crippen molar-refractivity contribution in [3.05, 3.63) is 51.5 Å². The molecule has 4 rings (SSSR count). The van der Waals surface area contributed by atoms with Crippen molar-refractivity contribution in [2.45, 2.75) is 63.3 Å². The van der Waals surface area contributed by atoms with Crippen molar-refractivity contribution in [2.24, 2.45) is 5.92 Å². The van der Waals surface area contributed by atoms with E-state index >= 15 is 0 Å². The number of ether oxygens (including phenoxy) is 1. The van der Waals surface area contributed by atoms with Crippen LogP contribution in [0.2, 0.25) is 0 Å². The maximum absolute atomic E-state index is 12.9. The Morgan fingerprint density at radius 3 is 2.69 bits per heavy atom. The minimum Gasteiger partial charge on any atom is -0.379 e. The highest BCUT2D eigenvalue weighted by molar-refractivity contribution is 7.11. The van der Waals surface area contributed by atoms with Crippen molar-refractivity contribution < 1.29 is 27.5 Å². The fourth-order valence-electron chi connectivity index (χ4n) is 5.28. The van der Waals surface area contributed by atoms with Gasteiger partial charge >= 0.3 is 6.18 Å². The van der Waals surface area contributed by atoms with E-state index in [-0.39, 0.29) is 23.8 Å². The van der Waals surface area contributed by atoms with E-state index in [0.29, 0.717) is 25.0 Å². The zero-order valence-corrected chi connectivity index (χ0v) is 21.2. The summed E-state index contributed by atoms with van der Waals surface area (Å²) in [5.74, 6) is -0.0103. The van der Waals surface area contributed by atoms with Crippen molar-refractivity contribution in [2.75, 3.05) is 26.7 Å². The molecule has 2 aliphatic rings. The zero-order valence-electron chi connectivity index (χ0n) is 20.4. The van der Waals surface area contributed by atoms with Crippen LogP contribution >= 0.6 is 11.3 Å². The predicted molar refractivity (Wildman–Crippen MR) is 131 cm³/mol. The number of aromatic nitrogens is 1. The lowest BCUT2D eigenvalue weighted by molar-refractivity contribution is -0.137. The van der Waals surface area contributed by atoms with E-state index in [1.807, 2.05) is 6.20 Å². The fourth-order valence-corrected chi connectivity index (χ4v) is 6.34. The summed E-state index contributed by atoms with van der Waals surface area (Å²) in [6.45, 7) is 2.28. The van der Waals surface area contributed by atoms with Gasteiger partial charge in [0.05, 0.1) is 28.6 Å². The lowest BCUT2D eigenvalue weighted by Gasteiger charge is -2.34. The summed E-state index contributed by atoms with van der Waals surface area (Å²) < 4.78 is 43.8. The molecule has 1 atom stereocenters. The Kier molecular flexibility index (Phi) is 8.79. The number of nitrogens with zero attached hydrogens (tertiary/aromatic N) is 2. The number of benzene rings is 1. The number of halogens is 3. The van der Waals surface area contributed by atoms with Crippen LogP contribution in [0.4, 0.5) is 13.2 Å². The number of rotatable bonds is 9. The molecule has 0 spiro atoms. The van der Waals surface area contributed by atoms with Gasteiger partial charge in [0.2, 0.25) is 0 Å². The second-order valence-electron chi connectivity index (χ2n) is 9.76. The van der Waals surface area contributed by atoms with Gasteiger partial charge < -0.3 is 15.0 Å². The third-order valence-electron chi connectivity index (χ3n) is 7.15. The fraction of sp³-hybridized carbons (Fsp3) is 0.577. The molecule has 0 unspecified atom stereocenters. The van der Waals surface area contributed by atoms with E-state index in [2.05, 4.69) is 15.2 Å². The summed E-state index contributed by atoms with van der Waals surface area (Å²) in [5, 5.41) is 3.68. The standard InChI is InChI=1S/C26H32F3N3O3S/c1-35-16-23-14-31-25(36-23)18-5-7-21(8-6-18)32-10-9-17(15-32)11-22(33)13-30-24(34)19-3-2-4-20(12-19)26(27,28)29/h2-4,12,14,17-18,21H,5-11,13,15-16H2,1H3,(H,30,34)/t17-,18?,21?/m0/s1. The number of nitrogens with one attached hydrogen (secondary N) is 1. The molecule has 0 radical (unpaired) electrons. The number of amides is 1. The van der Waals surface area contributed by atoms with Crippen LogP contribution in [-0.4, -0.2) is 54.4 Å². The molecule has 1 saturated heterocycles. The highest BCUT2D eigenvalue weighted by atomic mass is 32.1. The normalized spacial score (nSPS) is 23.1. The van der Waals surface area contributed by atoms with Crippen LogP contribution in [0, 0.1) is 5.92 Å². The zero-order chi connectivity index (χ0) is 25.7. The molecule has 10 heteroatoms. The SMILES string of the molecule is COCc1cnc(C2CCC(N3CC[C@@H](CC(=O)CNC(=O)c4cccc(C(F)(F)F)c4)C3)CC2)s1. The molecule has 36 heavy (non-hydrogen) atoms. The number of thiazole rings is 1. The van der Waals surface area contributed by atoms with Crippen LogP contribution in [-0.2, 0) is 22.3 Å². The van der Waals surface area contributed by atoms with Crippen molar-refractivity contribution >= 4 is 23.0 Å². The van der Waals surface area contributed by atoms with Crippen LogP contribution in [0.1, 0.15) is 70.2 Å². The number of carbonyl (C=O) groups excluding carboxylic acids is 2. The second kappa shape index (κ2) is 11.8. The Morgan fingerprint density at radius 1 is 1.19 bits per heavy atom. The summed E-state index contributed by atoms with van der Waals surface area (Å²) in [6.07, 6.45) is 3.19. The summed E-state index contributed by atoms with van der Waals surface area (Å²) in [5.41, 5.74) is -0.989. The summed E-state index contributed by atoms with van der Waals surface area (Å²) in [7, 11) is 1.69. The van der Waals surface area contributed by atoms with Crippen LogP contribution in [0.3, 0.4) is 0 Å². The average molecular weight is 524 g/mol. The minimum atomic E-state index is -4.52. The molecule has 1 N–H and O–H groups in total. The first kappa shape index (κ1) is 26.8. The Morgan fingerprint density at radius 2 is 1.97 bits per heavy atom. The van der Waals surface area contributed by atoms with Crippen LogP contribution < -0.4 is 5.32 Å². The van der Waals surface area contributed by atoms with Crippen molar-refractivity contribution in [3.8, 4) is 0 Å². The van der Waals surface area contributed by atoms with Gasteiger partial charge in [0, 0.05) is 43.8 Å². The second-order valence-corrected chi connectivity index (χ2v) is 10.9. The molecule has 2 fully saturated rings. The van der Waals surface area contributed by atoms with Gasteiger partial charge in [-0.05, 0) is 62.8 Å². The van der Waals surface area contributed by atoms with E-state index in [1.54, 1.807) is 18.4 Å². The van der Waals surface area contributed by atoms with E-state index in [0.717, 1.165) is 62.2 Å². The van der Waals surface area contributed by atoms with E-state index < -0.39 is 17.6 Å². The first-order chi connectivity index (χ1) is 17.2. The number of likely N-dealkylation sites (tertiary alicyclic amines) is 1.